The highest BCUT2D eigenvalue weighted by molar-refractivity contribution is 5.70. The van der Waals surface area contributed by atoms with Crippen molar-refractivity contribution in [2.75, 3.05) is 13.1 Å². The average molecular weight is 223 g/mol. The van der Waals surface area contributed by atoms with Gasteiger partial charge >= 0.3 is 5.97 Å². The summed E-state index contributed by atoms with van der Waals surface area (Å²) in [5, 5.41) is 3.27. The minimum Gasteiger partial charge on any atom is -0.446 e. The van der Waals surface area contributed by atoms with Gasteiger partial charge in [-0.15, -0.1) is 6.42 Å². The molecule has 3 nitrogen and oxygen atoms in total. The van der Waals surface area contributed by atoms with E-state index in [4.69, 9.17) is 11.2 Å². The molecule has 1 aliphatic heterocycles. The molecular formula is C13H21NO2. The Morgan fingerprint density at radius 1 is 1.56 bits per heavy atom. The molecule has 0 spiro atoms. The average Bonchev–Trinajstić information content (AvgIpc) is 2.30. The summed E-state index contributed by atoms with van der Waals surface area (Å²) < 4.78 is 5.34. The molecule has 0 aromatic rings. The Labute approximate surface area is 97.9 Å². The van der Waals surface area contributed by atoms with Crippen molar-refractivity contribution in [3.8, 4) is 12.3 Å². The van der Waals surface area contributed by atoms with Gasteiger partial charge in [0.05, 0.1) is 0 Å². The molecule has 1 fully saturated rings. The number of hydrogen-bond acceptors (Lipinski definition) is 3. The van der Waals surface area contributed by atoms with Crippen molar-refractivity contribution >= 4 is 5.97 Å². The van der Waals surface area contributed by atoms with Gasteiger partial charge in [0.25, 0.3) is 0 Å². The molecule has 0 aromatic carbocycles. The molecule has 0 aliphatic carbocycles. The van der Waals surface area contributed by atoms with Gasteiger partial charge in [-0.25, -0.2) is 0 Å². The second-order valence-corrected chi connectivity index (χ2v) is 4.60. The van der Waals surface area contributed by atoms with E-state index in [1.54, 1.807) is 6.92 Å². The van der Waals surface area contributed by atoms with E-state index in [-0.39, 0.29) is 5.97 Å². The van der Waals surface area contributed by atoms with Crippen molar-refractivity contribution in [3.05, 3.63) is 0 Å². The van der Waals surface area contributed by atoms with Crippen LogP contribution in [0.4, 0.5) is 0 Å². The van der Waals surface area contributed by atoms with Crippen LogP contribution in [0.15, 0.2) is 0 Å². The molecule has 16 heavy (non-hydrogen) atoms. The third-order valence-electron chi connectivity index (χ3n) is 3.23. The maximum absolute atomic E-state index is 11.7. The van der Waals surface area contributed by atoms with Crippen LogP contribution >= 0.6 is 0 Å². The molecule has 1 N–H and O–H groups in total. The number of piperidine rings is 1. The summed E-state index contributed by atoms with van der Waals surface area (Å²) in [6, 6.07) is 0. The smallest absolute Gasteiger partial charge is 0.307 e. The molecule has 1 aliphatic rings. The summed E-state index contributed by atoms with van der Waals surface area (Å²) >= 11 is 0. The zero-order valence-electron chi connectivity index (χ0n) is 10.2. The van der Waals surface area contributed by atoms with Crippen LogP contribution in [0.2, 0.25) is 0 Å². The number of carbonyl (C=O) groups excluding carboxylic acids is 1. The fraction of sp³-hybridized carbons (Fsp3) is 0.769. The Bertz CT molecular complexity index is 276. The zero-order chi connectivity index (χ0) is 12.0. The van der Waals surface area contributed by atoms with Gasteiger partial charge in [0.2, 0.25) is 0 Å². The molecule has 3 heteroatoms. The van der Waals surface area contributed by atoms with Crippen molar-refractivity contribution in [3.63, 3.8) is 0 Å². The maximum Gasteiger partial charge on any atom is 0.307 e. The maximum atomic E-state index is 11.7. The first-order chi connectivity index (χ1) is 7.59. The highest BCUT2D eigenvalue weighted by Crippen LogP contribution is 2.20. The van der Waals surface area contributed by atoms with Gasteiger partial charge in [0.1, 0.15) is 0 Å². The van der Waals surface area contributed by atoms with E-state index in [1.807, 2.05) is 6.92 Å². The molecule has 0 radical (unpaired) electrons. The number of esters is 1. The minimum absolute atomic E-state index is 0.158. The molecule has 1 heterocycles. The van der Waals surface area contributed by atoms with Crippen molar-refractivity contribution in [2.45, 2.75) is 45.1 Å². The standard InChI is InChI=1S/C13H21NO2/c1-4-13(3,5-2)16-12(15)10-11-6-8-14-9-7-11/h1,11,14H,5-10H2,2-3H3. The van der Waals surface area contributed by atoms with Gasteiger partial charge < -0.3 is 10.1 Å². The van der Waals surface area contributed by atoms with Crippen LogP contribution in [0.25, 0.3) is 0 Å². The van der Waals surface area contributed by atoms with Gasteiger partial charge in [-0.1, -0.05) is 12.8 Å². The van der Waals surface area contributed by atoms with E-state index >= 15 is 0 Å². The fourth-order valence-corrected chi connectivity index (χ4v) is 1.82. The highest BCUT2D eigenvalue weighted by atomic mass is 16.6. The van der Waals surface area contributed by atoms with Crippen molar-refractivity contribution in [1.82, 2.24) is 5.32 Å². The molecule has 0 aromatic heterocycles. The van der Waals surface area contributed by atoms with Crippen LogP contribution in [-0.4, -0.2) is 24.7 Å². The Balaban J connectivity index is 2.38. The summed E-state index contributed by atoms with van der Waals surface area (Å²) in [5.74, 6) is 2.83. The van der Waals surface area contributed by atoms with Crippen LogP contribution in [0.3, 0.4) is 0 Å². The van der Waals surface area contributed by atoms with Gasteiger partial charge in [0.15, 0.2) is 5.60 Å². The van der Waals surface area contributed by atoms with E-state index < -0.39 is 5.60 Å². The lowest BCUT2D eigenvalue weighted by Crippen LogP contribution is -2.33. The summed E-state index contributed by atoms with van der Waals surface area (Å²) in [6.07, 6.45) is 8.61. The van der Waals surface area contributed by atoms with E-state index in [1.165, 1.54) is 0 Å². The van der Waals surface area contributed by atoms with Crippen LogP contribution in [0.1, 0.15) is 39.5 Å². The quantitative estimate of drug-likeness (QED) is 0.582. The Kier molecular flexibility index (Phi) is 4.82. The van der Waals surface area contributed by atoms with Crippen LogP contribution < -0.4 is 5.32 Å². The third-order valence-corrected chi connectivity index (χ3v) is 3.23. The molecule has 0 bridgehead atoms. The Morgan fingerprint density at radius 2 is 2.19 bits per heavy atom. The van der Waals surface area contributed by atoms with Gasteiger partial charge in [-0.2, -0.15) is 0 Å². The number of hydrogen-bond donors (Lipinski definition) is 1. The molecule has 1 rings (SSSR count). The Morgan fingerprint density at radius 3 is 2.69 bits per heavy atom. The summed E-state index contributed by atoms with van der Waals surface area (Å²) in [6.45, 7) is 5.71. The number of terminal acetylenes is 1. The molecule has 1 unspecified atom stereocenters. The number of nitrogens with one attached hydrogen (secondary N) is 1. The van der Waals surface area contributed by atoms with Crippen molar-refractivity contribution in [2.24, 2.45) is 5.92 Å². The van der Waals surface area contributed by atoms with Gasteiger partial charge in [-0.05, 0) is 45.2 Å². The zero-order valence-corrected chi connectivity index (χ0v) is 10.2. The predicted molar refractivity (Wildman–Crippen MR) is 63.8 cm³/mol. The number of carbonyl (C=O) groups is 1. The van der Waals surface area contributed by atoms with Crippen LogP contribution in [-0.2, 0) is 9.53 Å². The lowest BCUT2D eigenvalue weighted by molar-refractivity contribution is -0.154. The second-order valence-electron chi connectivity index (χ2n) is 4.60. The van der Waals surface area contributed by atoms with Crippen LogP contribution in [0.5, 0.6) is 0 Å². The SMILES string of the molecule is C#CC(C)(CC)OC(=O)CC1CCNCC1. The first-order valence-electron chi connectivity index (χ1n) is 6.00. The first-order valence-corrected chi connectivity index (χ1v) is 6.00. The predicted octanol–water partition coefficient (Wildman–Crippen LogP) is 1.72. The molecule has 0 saturated carbocycles. The molecule has 90 valence electrons. The summed E-state index contributed by atoms with van der Waals surface area (Å²) in [4.78, 5) is 11.7. The normalized spacial score (nSPS) is 20.8. The van der Waals surface area contributed by atoms with Crippen molar-refractivity contribution < 1.29 is 9.53 Å². The molecule has 1 atom stereocenters. The van der Waals surface area contributed by atoms with Gasteiger partial charge in [-0.3, -0.25) is 4.79 Å². The largest absolute Gasteiger partial charge is 0.446 e. The highest BCUT2D eigenvalue weighted by Gasteiger charge is 2.26. The molecule has 1 saturated heterocycles. The van der Waals surface area contributed by atoms with Crippen LogP contribution in [0, 0.1) is 18.3 Å². The molecule has 0 amide bonds. The third kappa shape index (κ3) is 3.86. The number of rotatable bonds is 4. The number of ether oxygens (including phenoxy) is 1. The summed E-state index contributed by atoms with van der Waals surface area (Å²) in [7, 11) is 0. The van der Waals surface area contributed by atoms with Gasteiger partial charge in [0, 0.05) is 6.42 Å². The summed E-state index contributed by atoms with van der Waals surface area (Å²) in [5.41, 5.74) is -0.732. The molecular weight excluding hydrogens is 202 g/mol. The van der Waals surface area contributed by atoms with E-state index in [9.17, 15) is 4.79 Å². The van der Waals surface area contributed by atoms with Crippen molar-refractivity contribution in [1.29, 1.82) is 0 Å². The Hall–Kier alpha value is -1.01. The lowest BCUT2D eigenvalue weighted by Gasteiger charge is -2.25. The first kappa shape index (κ1) is 13.1. The fourth-order valence-electron chi connectivity index (χ4n) is 1.82. The topological polar surface area (TPSA) is 38.3 Å². The lowest BCUT2D eigenvalue weighted by atomic mass is 9.94. The van der Waals surface area contributed by atoms with E-state index in [0.717, 1.165) is 25.9 Å². The monoisotopic (exact) mass is 223 g/mol. The second kappa shape index (κ2) is 5.91. The minimum atomic E-state index is -0.732. The van der Waals surface area contributed by atoms with E-state index in [2.05, 4.69) is 11.2 Å². The van der Waals surface area contributed by atoms with E-state index in [0.29, 0.717) is 18.8 Å².